The van der Waals surface area contributed by atoms with Crippen LogP contribution in [0.4, 0.5) is 0 Å². The number of thioether (sulfide) groups is 1. The summed E-state index contributed by atoms with van der Waals surface area (Å²) in [5, 5.41) is 8.26. The molecular formula is C12H12ClN3OS. The molecule has 0 atom stereocenters. The van der Waals surface area contributed by atoms with Crippen molar-refractivity contribution in [2.24, 2.45) is 0 Å². The van der Waals surface area contributed by atoms with E-state index in [0.717, 1.165) is 4.90 Å². The van der Waals surface area contributed by atoms with E-state index < -0.39 is 0 Å². The van der Waals surface area contributed by atoms with Crippen LogP contribution in [0.25, 0.3) is 0 Å². The number of hydrogen-bond donors (Lipinski definition) is 0. The van der Waals surface area contributed by atoms with Crippen molar-refractivity contribution in [3.05, 3.63) is 41.2 Å². The van der Waals surface area contributed by atoms with Crippen molar-refractivity contribution in [3.63, 3.8) is 0 Å². The van der Waals surface area contributed by atoms with Crippen LogP contribution in [0.1, 0.15) is 17.4 Å². The molecule has 0 aliphatic heterocycles. The van der Waals surface area contributed by atoms with Crippen LogP contribution in [0.3, 0.4) is 0 Å². The summed E-state index contributed by atoms with van der Waals surface area (Å²) in [4.78, 5) is 13.0. The van der Waals surface area contributed by atoms with Crippen LogP contribution in [-0.4, -0.2) is 26.5 Å². The molecule has 1 aromatic heterocycles. The highest BCUT2D eigenvalue weighted by Crippen LogP contribution is 2.22. The zero-order valence-corrected chi connectivity index (χ0v) is 11.4. The lowest BCUT2D eigenvalue weighted by atomic mass is 10.3. The molecule has 0 spiro atoms. The Morgan fingerprint density at radius 1 is 1.50 bits per heavy atom. The smallest absolute Gasteiger partial charge is 0.192 e. The molecular weight excluding hydrogens is 270 g/mol. The van der Waals surface area contributed by atoms with Gasteiger partial charge in [-0.25, -0.2) is 4.68 Å². The number of Topliss-reactive ketones (excluding diaryl/α,β-unsaturated/α-hetero) is 1. The maximum atomic E-state index is 12.0. The molecule has 0 radical (unpaired) electrons. The predicted molar refractivity (Wildman–Crippen MR) is 72.2 cm³/mol. The van der Waals surface area contributed by atoms with Crippen molar-refractivity contribution >= 4 is 29.1 Å². The lowest BCUT2D eigenvalue weighted by Crippen LogP contribution is -2.11. The summed E-state index contributed by atoms with van der Waals surface area (Å²) in [6.45, 7) is 2.57. The van der Waals surface area contributed by atoms with E-state index >= 15 is 0 Å². The van der Waals surface area contributed by atoms with Crippen molar-refractivity contribution < 1.29 is 4.79 Å². The Balaban J connectivity index is 2.00. The SMILES string of the molecule is CCn1nncc1C(=O)CSc1cccc(Cl)c1. The maximum Gasteiger partial charge on any atom is 0.192 e. The highest BCUT2D eigenvalue weighted by atomic mass is 35.5. The molecule has 0 N–H and O–H groups in total. The van der Waals surface area contributed by atoms with E-state index in [1.807, 2.05) is 31.2 Å². The number of ketones is 1. The summed E-state index contributed by atoms with van der Waals surface area (Å²) in [5.74, 6) is 0.375. The molecule has 2 rings (SSSR count). The number of halogens is 1. The topological polar surface area (TPSA) is 47.8 Å². The zero-order chi connectivity index (χ0) is 13.0. The highest BCUT2D eigenvalue weighted by molar-refractivity contribution is 8.00. The van der Waals surface area contributed by atoms with Crippen LogP contribution in [0.15, 0.2) is 35.4 Å². The van der Waals surface area contributed by atoms with Crippen molar-refractivity contribution in [3.8, 4) is 0 Å². The average Bonchev–Trinajstić information content (AvgIpc) is 2.84. The van der Waals surface area contributed by atoms with Gasteiger partial charge in [0.05, 0.1) is 11.9 Å². The molecule has 1 aromatic carbocycles. The van der Waals surface area contributed by atoms with Crippen molar-refractivity contribution in [1.29, 1.82) is 0 Å². The molecule has 0 unspecified atom stereocenters. The molecule has 0 aliphatic rings. The van der Waals surface area contributed by atoms with E-state index in [1.54, 1.807) is 4.68 Å². The minimum atomic E-state index is 0.0202. The van der Waals surface area contributed by atoms with Crippen LogP contribution in [0, 0.1) is 0 Å². The molecule has 18 heavy (non-hydrogen) atoms. The van der Waals surface area contributed by atoms with Gasteiger partial charge < -0.3 is 0 Å². The van der Waals surface area contributed by atoms with Crippen LogP contribution in [-0.2, 0) is 6.54 Å². The number of carbonyl (C=O) groups excluding carboxylic acids is 1. The third-order valence-electron chi connectivity index (χ3n) is 2.37. The van der Waals surface area contributed by atoms with Gasteiger partial charge in [0.1, 0.15) is 5.69 Å². The van der Waals surface area contributed by atoms with Crippen LogP contribution in [0.5, 0.6) is 0 Å². The maximum absolute atomic E-state index is 12.0. The first kappa shape index (κ1) is 13.1. The fraction of sp³-hybridized carbons (Fsp3) is 0.250. The van der Waals surface area contributed by atoms with Gasteiger partial charge in [-0.15, -0.1) is 16.9 Å². The van der Waals surface area contributed by atoms with Crippen LogP contribution >= 0.6 is 23.4 Å². The Hall–Kier alpha value is -1.33. The third-order valence-corrected chi connectivity index (χ3v) is 3.60. The second-order valence-corrected chi connectivity index (χ2v) is 5.09. The predicted octanol–water partition coefficient (Wildman–Crippen LogP) is 2.93. The molecule has 1 heterocycles. The normalized spacial score (nSPS) is 10.6. The minimum absolute atomic E-state index is 0.0202. The van der Waals surface area contributed by atoms with E-state index in [0.29, 0.717) is 23.0 Å². The van der Waals surface area contributed by atoms with Crippen LogP contribution in [0.2, 0.25) is 5.02 Å². The van der Waals surface area contributed by atoms with Gasteiger partial charge in [-0.05, 0) is 25.1 Å². The van der Waals surface area contributed by atoms with Gasteiger partial charge in [-0.2, -0.15) is 0 Å². The standard InChI is InChI=1S/C12H12ClN3OS/c1-2-16-11(7-14-15-16)12(17)8-18-10-5-3-4-9(13)6-10/h3-7H,2,8H2,1H3. The number of nitrogens with zero attached hydrogens (tertiary/aromatic N) is 3. The molecule has 0 aliphatic carbocycles. The van der Waals surface area contributed by atoms with E-state index in [4.69, 9.17) is 11.6 Å². The Morgan fingerprint density at radius 2 is 2.33 bits per heavy atom. The largest absolute Gasteiger partial charge is 0.291 e. The van der Waals surface area contributed by atoms with Gasteiger partial charge in [-0.3, -0.25) is 4.79 Å². The molecule has 94 valence electrons. The number of benzene rings is 1. The molecule has 4 nitrogen and oxygen atoms in total. The Bertz CT molecular complexity index is 556. The fourth-order valence-electron chi connectivity index (χ4n) is 1.49. The van der Waals surface area contributed by atoms with E-state index in [9.17, 15) is 4.79 Å². The number of aryl methyl sites for hydroxylation is 1. The number of carbonyl (C=O) groups is 1. The van der Waals surface area contributed by atoms with E-state index in [-0.39, 0.29) is 5.78 Å². The van der Waals surface area contributed by atoms with E-state index in [1.165, 1.54) is 18.0 Å². The number of rotatable bonds is 5. The second kappa shape index (κ2) is 6.02. The Morgan fingerprint density at radius 3 is 3.06 bits per heavy atom. The third kappa shape index (κ3) is 3.11. The first-order valence-electron chi connectivity index (χ1n) is 5.50. The summed E-state index contributed by atoms with van der Waals surface area (Å²) < 4.78 is 1.60. The van der Waals surface area contributed by atoms with Gasteiger partial charge in [0, 0.05) is 16.5 Å². The summed E-state index contributed by atoms with van der Waals surface area (Å²) in [7, 11) is 0. The average molecular weight is 282 g/mol. The minimum Gasteiger partial charge on any atom is -0.291 e. The van der Waals surface area contributed by atoms with Crippen LogP contribution < -0.4 is 0 Å². The monoisotopic (exact) mass is 281 g/mol. The summed E-state index contributed by atoms with van der Waals surface area (Å²) in [6.07, 6.45) is 1.50. The number of hydrogen-bond acceptors (Lipinski definition) is 4. The lowest BCUT2D eigenvalue weighted by Gasteiger charge is -2.03. The second-order valence-electron chi connectivity index (χ2n) is 3.60. The first-order valence-corrected chi connectivity index (χ1v) is 6.87. The quantitative estimate of drug-likeness (QED) is 0.624. The molecule has 0 bridgehead atoms. The molecule has 0 saturated carbocycles. The summed E-state index contributed by atoms with van der Waals surface area (Å²) >= 11 is 7.34. The van der Waals surface area contributed by atoms with Crippen molar-refractivity contribution in [2.45, 2.75) is 18.4 Å². The number of aromatic nitrogens is 3. The van der Waals surface area contributed by atoms with Gasteiger partial charge in [-0.1, -0.05) is 22.9 Å². The van der Waals surface area contributed by atoms with E-state index in [2.05, 4.69) is 10.3 Å². The first-order chi connectivity index (χ1) is 8.70. The van der Waals surface area contributed by atoms with Gasteiger partial charge in [0.2, 0.25) is 0 Å². The highest BCUT2D eigenvalue weighted by Gasteiger charge is 2.12. The molecule has 0 fully saturated rings. The fourth-order valence-corrected chi connectivity index (χ4v) is 2.57. The zero-order valence-electron chi connectivity index (χ0n) is 9.84. The summed E-state index contributed by atoms with van der Waals surface area (Å²) in [6, 6.07) is 7.45. The van der Waals surface area contributed by atoms with Gasteiger partial charge in [0.25, 0.3) is 0 Å². The lowest BCUT2D eigenvalue weighted by molar-refractivity contribution is 0.101. The molecule has 2 aromatic rings. The molecule has 0 saturated heterocycles. The Labute approximate surface area is 114 Å². The van der Waals surface area contributed by atoms with Crippen molar-refractivity contribution in [1.82, 2.24) is 15.0 Å². The van der Waals surface area contributed by atoms with Gasteiger partial charge >= 0.3 is 0 Å². The summed E-state index contributed by atoms with van der Waals surface area (Å²) in [5.41, 5.74) is 0.548. The molecule has 0 amide bonds. The molecule has 6 heteroatoms. The van der Waals surface area contributed by atoms with Gasteiger partial charge in [0.15, 0.2) is 5.78 Å². The Kier molecular flexibility index (Phi) is 4.38. The van der Waals surface area contributed by atoms with Crippen molar-refractivity contribution in [2.75, 3.05) is 5.75 Å².